The topological polar surface area (TPSA) is 73.0 Å². The van der Waals surface area contributed by atoms with Gasteiger partial charge >= 0.3 is 0 Å². The largest absolute Gasteiger partial charge is 0.336 e. The van der Waals surface area contributed by atoms with Crippen LogP contribution in [0.4, 0.5) is 0 Å². The van der Waals surface area contributed by atoms with E-state index in [1.165, 1.54) is 17.0 Å². The summed E-state index contributed by atoms with van der Waals surface area (Å²) in [6.07, 6.45) is 6.69. The van der Waals surface area contributed by atoms with Crippen LogP contribution in [0.15, 0.2) is 35.8 Å². The Bertz CT molecular complexity index is 692. The number of aryl methyl sites for hydroxylation is 1. The quantitative estimate of drug-likeness (QED) is 0.804. The van der Waals surface area contributed by atoms with Crippen LogP contribution in [0.3, 0.4) is 0 Å². The maximum Gasteiger partial charge on any atom is 0.254 e. The van der Waals surface area contributed by atoms with Crippen LogP contribution in [0.25, 0.3) is 0 Å². The Morgan fingerprint density at radius 1 is 1.43 bits per heavy atom. The third-order valence-electron chi connectivity index (χ3n) is 3.85. The van der Waals surface area contributed by atoms with Gasteiger partial charge in [0.25, 0.3) is 11.5 Å². The van der Waals surface area contributed by atoms with E-state index in [4.69, 9.17) is 0 Å². The predicted molar refractivity (Wildman–Crippen MR) is 75.9 cm³/mol. The van der Waals surface area contributed by atoms with Crippen molar-refractivity contribution in [3.63, 3.8) is 0 Å². The van der Waals surface area contributed by atoms with Crippen molar-refractivity contribution in [3.05, 3.63) is 46.9 Å². The molecule has 0 aromatic carbocycles. The van der Waals surface area contributed by atoms with Gasteiger partial charge in [0.15, 0.2) is 0 Å². The van der Waals surface area contributed by atoms with Crippen LogP contribution in [0.1, 0.15) is 29.2 Å². The fraction of sp³-hybridized carbons (Fsp3) is 0.429. The Labute approximate surface area is 121 Å². The molecular formula is C14H17N5O2. The van der Waals surface area contributed by atoms with E-state index in [0.29, 0.717) is 18.7 Å². The SMILES string of the molecule is Cn1ccc(C(=O)N2CCC[C@H](n3cncn3)C2)cc1=O. The Morgan fingerprint density at radius 2 is 2.29 bits per heavy atom. The van der Waals surface area contributed by atoms with E-state index in [1.54, 1.807) is 35.2 Å². The zero-order chi connectivity index (χ0) is 14.8. The minimum atomic E-state index is -0.175. The Hall–Kier alpha value is -2.44. The number of amides is 1. The Kier molecular flexibility index (Phi) is 3.55. The van der Waals surface area contributed by atoms with E-state index >= 15 is 0 Å². The number of hydrogen-bond donors (Lipinski definition) is 0. The van der Waals surface area contributed by atoms with E-state index in [0.717, 1.165) is 12.8 Å². The maximum absolute atomic E-state index is 12.5. The first kappa shape index (κ1) is 13.5. The Balaban J connectivity index is 1.78. The first-order valence-corrected chi connectivity index (χ1v) is 6.95. The molecule has 1 aliphatic heterocycles. The molecule has 110 valence electrons. The fourth-order valence-electron chi connectivity index (χ4n) is 2.63. The minimum absolute atomic E-state index is 0.0995. The molecule has 1 fully saturated rings. The molecule has 7 heteroatoms. The molecule has 0 spiro atoms. The second-order valence-electron chi connectivity index (χ2n) is 5.29. The molecule has 21 heavy (non-hydrogen) atoms. The molecule has 0 aliphatic carbocycles. The summed E-state index contributed by atoms with van der Waals surface area (Å²) in [5.74, 6) is -0.0995. The van der Waals surface area contributed by atoms with Gasteiger partial charge in [-0.1, -0.05) is 0 Å². The van der Waals surface area contributed by atoms with Crippen LogP contribution in [-0.4, -0.2) is 43.2 Å². The van der Waals surface area contributed by atoms with Crippen molar-refractivity contribution in [1.82, 2.24) is 24.2 Å². The molecule has 1 aliphatic rings. The molecule has 7 nitrogen and oxygen atoms in total. The number of likely N-dealkylation sites (tertiary alicyclic amines) is 1. The molecule has 1 saturated heterocycles. The standard InChI is InChI=1S/C14H17N5O2/c1-17-6-4-11(7-13(17)20)14(21)18-5-2-3-12(8-18)19-10-15-9-16-19/h4,6-7,9-10,12H,2-3,5,8H2,1H3/t12-/m0/s1. The minimum Gasteiger partial charge on any atom is -0.336 e. The highest BCUT2D eigenvalue weighted by molar-refractivity contribution is 5.94. The van der Waals surface area contributed by atoms with E-state index < -0.39 is 0 Å². The van der Waals surface area contributed by atoms with Gasteiger partial charge < -0.3 is 9.47 Å². The lowest BCUT2D eigenvalue weighted by Crippen LogP contribution is -2.41. The van der Waals surface area contributed by atoms with Crippen LogP contribution in [-0.2, 0) is 7.05 Å². The summed E-state index contributed by atoms with van der Waals surface area (Å²) in [5, 5.41) is 4.15. The van der Waals surface area contributed by atoms with Gasteiger partial charge in [-0.3, -0.25) is 9.59 Å². The molecule has 0 bridgehead atoms. The number of rotatable bonds is 2. The van der Waals surface area contributed by atoms with Crippen LogP contribution in [0.5, 0.6) is 0 Å². The summed E-state index contributed by atoms with van der Waals surface area (Å²) >= 11 is 0. The molecular weight excluding hydrogens is 270 g/mol. The van der Waals surface area contributed by atoms with E-state index in [2.05, 4.69) is 10.1 Å². The van der Waals surface area contributed by atoms with E-state index in [9.17, 15) is 9.59 Å². The Morgan fingerprint density at radius 3 is 3.00 bits per heavy atom. The lowest BCUT2D eigenvalue weighted by atomic mass is 10.0. The van der Waals surface area contributed by atoms with Gasteiger partial charge in [-0.05, 0) is 18.9 Å². The van der Waals surface area contributed by atoms with Crippen LogP contribution >= 0.6 is 0 Å². The monoisotopic (exact) mass is 287 g/mol. The first-order chi connectivity index (χ1) is 10.1. The molecule has 2 aromatic rings. The lowest BCUT2D eigenvalue weighted by Gasteiger charge is -2.32. The average molecular weight is 287 g/mol. The highest BCUT2D eigenvalue weighted by Gasteiger charge is 2.26. The first-order valence-electron chi connectivity index (χ1n) is 6.95. The van der Waals surface area contributed by atoms with Crippen LogP contribution in [0.2, 0.25) is 0 Å². The number of hydrogen-bond acceptors (Lipinski definition) is 4. The molecule has 0 saturated carbocycles. The van der Waals surface area contributed by atoms with Crippen molar-refractivity contribution in [2.75, 3.05) is 13.1 Å². The molecule has 3 rings (SSSR count). The average Bonchev–Trinajstić information content (AvgIpc) is 3.04. The normalized spacial score (nSPS) is 18.7. The van der Waals surface area contributed by atoms with Crippen molar-refractivity contribution in [2.24, 2.45) is 7.05 Å². The molecule has 3 heterocycles. The molecule has 2 aromatic heterocycles. The van der Waals surface area contributed by atoms with E-state index in [1.807, 2.05) is 0 Å². The second kappa shape index (κ2) is 5.51. The number of nitrogens with zero attached hydrogens (tertiary/aromatic N) is 5. The lowest BCUT2D eigenvalue weighted by molar-refractivity contribution is 0.0672. The molecule has 0 radical (unpaired) electrons. The van der Waals surface area contributed by atoms with Crippen LogP contribution in [0, 0.1) is 0 Å². The van der Waals surface area contributed by atoms with Crippen molar-refractivity contribution in [1.29, 1.82) is 0 Å². The summed E-state index contributed by atoms with van der Waals surface area (Å²) in [5.41, 5.74) is 0.267. The summed E-state index contributed by atoms with van der Waals surface area (Å²) in [7, 11) is 1.66. The van der Waals surface area contributed by atoms with Crippen LogP contribution < -0.4 is 5.56 Å². The summed E-state index contributed by atoms with van der Waals surface area (Å²) in [4.78, 5) is 29.9. The summed E-state index contributed by atoms with van der Waals surface area (Å²) in [6, 6.07) is 3.22. The highest BCUT2D eigenvalue weighted by atomic mass is 16.2. The van der Waals surface area contributed by atoms with Gasteiger partial charge in [0, 0.05) is 38.0 Å². The molecule has 0 N–H and O–H groups in total. The predicted octanol–water partition coefficient (Wildman–Crippen LogP) is 0.454. The van der Waals surface area contributed by atoms with Gasteiger partial charge in [0.2, 0.25) is 0 Å². The van der Waals surface area contributed by atoms with Gasteiger partial charge in [-0.15, -0.1) is 0 Å². The number of piperidine rings is 1. The number of pyridine rings is 1. The zero-order valence-electron chi connectivity index (χ0n) is 11.8. The smallest absolute Gasteiger partial charge is 0.254 e. The molecule has 0 unspecified atom stereocenters. The third kappa shape index (κ3) is 2.72. The number of carbonyl (C=O) groups is 1. The van der Waals surface area contributed by atoms with Crippen molar-refractivity contribution in [3.8, 4) is 0 Å². The fourth-order valence-corrected chi connectivity index (χ4v) is 2.63. The number of aromatic nitrogens is 4. The van der Waals surface area contributed by atoms with Gasteiger partial charge in [-0.2, -0.15) is 5.10 Å². The van der Waals surface area contributed by atoms with Crippen molar-refractivity contribution in [2.45, 2.75) is 18.9 Å². The van der Waals surface area contributed by atoms with Crippen molar-refractivity contribution < 1.29 is 4.79 Å². The molecule has 1 atom stereocenters. The third-order valence-corrected chi connectivity index (χ3v) is 3.85. The van der Waals surface area contributed by atoms with E-state index in [-0.39, 0.29) is 17.5 Å². The number of carbonyl (C=O) groups excluding carboxylic acids is 1. The summed E-state index contributed by atoms with van der Waals surface area (Å²) < 4.78 is 3.24. The van der Waals surface area contributed by atoms with Gasteiger partial charge in [0.05, 0.1) is 6.04 Å². The second-order valence-corrected chi connectivity index (χ2v) is 5.29. The maximum atomic E-state index is 12.5. The molecule has 1 amide bonds. The van der Waals surface area contributed by atoms with Gasteiger partial charge in [-0.25, -0.2) is 9.67 Å². The van der Waals surface area contributed by atoms with Crippen molar-refractivity contribution >= 4 is 5.91 Å². The highest BCUT2D eigenvalue weighted by Crippen LogP contribution is 2.21. The summed E-state index contributed by atoms with van der Waals surface area (Å²) in [6.45, 7) is 1.30. The zero-order valence-corrected chi connectivity index (χ0v) is 11.8. The van der Waals surface area contributed by atoms with Gasteiger partial charge in [0.1, 0.15) is 12.7 Å².